The third-order valence-electron chi connectivity index (χ3n) is 2.85. The number of rotatable bonds is 4. The van der Waals surface area contributed by atoms with E-state index in [1.165, 1.54) is 0 Å². The topological polar surface area (TPSA) is 52.6 Å². The lowest BCUT2D eigenvalue weighted by Gasteiger charge is -2.27. The van der Waals surface area contributed by atoms with Gasteiger partial charge in [0.15, 0.2) is 0 Å². The molecule has 1 aliphatic rings. The van der Waals surface area contributed by atoms with Crippen molar-refractivity contribution in [1.29, 1.82) is 0 Å². The summed E-state index contributed by atoms with van der Waals surface area (Å²) in [5, 5.41) is 0. The number of allylic oxidation sites excluding steroid dienone is 1. The van der Waals surface area contributed by atoms with E-state index in [-0.39, 0.29) is 17.9 Å². The monoisotopic (exact) mass is 240 g/mol. The van der Waals surface area contributed by atoms with Crippen LogP contribution < -0.4 is 0 Å². The lowest BCUT2D eigenvalue weighted by atomic mass is 9.79. The lowest BCUT2D eigenvalue weighted by molar-refractivity contribution is -0.159. The summed E-state index contributed by atoms with van der Waals surface area (Å²) < 4.78 is 9.98. The molecule has 0 aromatic heterocycles. The first-order valence-corrected chi connectivity index (χ1v) is 6.11. The molecular weight excluding hydrogens is 220 g/mol. The quantitative estimate of drug-likeness (QED) is 0.556. The summed E-state index contributed by atoms with van der Waals surface area (Å²) in [5.41, 5.74) is 0. The van der Waals surface area contributed by atoms with Gasteiger partial charge in [-0.25, -0.2) is 0 Å². The fraction of sp³-hybridized carbons (Fsp3) is 0.692. The highest BCUT2D eigenvalue weighted by atomic mass is 16.5. The van der Waals surface area contributed by atoms with Crippen molar-refractivity contribution in [3.05, 3.63) is 12.2 Å². The third-order valence-corrected chi connectivity index (χ3v) is 2.85. The molecule has 0 aromatic carbocycles. The van der Waals surface area contributed by atoms with Crippen LogP contribution in [0.5, 0.6) is 0 Å². The number of carbonyl (C=O) groups excluding carboxylic acids is 2. The molecule has 0 fully saturated rings. The highest BCUT2D eigenvalue weighted by molar-refractivity contribution is 5.84. The van der Waals surface area contributed by atoms with Gasteiger partial charge in [0, 0.05) is 0 Å². The minimum atomic E-state index is -0.495. The Morgan fingerprint density at radius 1 is 1.12 bits per heavy atom. The van der Waals surface area contributed by atoms with Crippen LogP contribution in [0.3, 0.4) is 0 Å². The molecule has 0 saturated heterocycles. The Hall–Kier alpha value is -1.32. The van der Waals surface area contributed by atoms with E-state index in [0.717, 1.165) is 0 Å². The van der Waals surface area contributed by atoms with Gasteiger partial charge in [0.05, 0.1) is 25.0 Å². The van der Waals surface area contributed by atoms with Crippen molar-refractivity contribution in [2.45, 2.75) is 27.2 Å². The van der Waals surface area contributed by atoms with Crippen LogP contribution in [-0.2, 0) is 19.1 Å². The highest BCUT2D eigenvalue weighted by Gasteiger charge is 2.37. The summed E-state index contributed by atoms with van der Waals surface area (Å²) in [6, 6.07) is 0. The maximum atomic E-state index is 11.8. The summed E-state index contributed by atoms with van der Waals surface area (Å²) in [7, 11) is 0. The molecule has 2 unspecified atom stereocenters. The van der Waals surface area contributed by atoms with Gasteiger partial charge in [-0.1, -0.05) is 19.1 Å². The highest BCUT2D eigenvalue weighted by Crippen LogP contribution is 2.30. The van der Waals surface area contributed by atoms with Crippen LogP contribution in [0.1, 0.15) is 27.2 Å². The number of hydrogen-bond acceptors (Lipinski definition) is 4. The minimum absolute atomic E-state index is 0.287. The molecule has 0 saturated carbocycles. The Morgan fingerprint density at radius 3 is 2.29 bits per heavy atom. The molecule has 17 heavy (non-hydrogen) atoms. The molecule has 0 spiro atoms. The average molecular weight is 240 g/mol. The molecular formula is C13H20O4. The zero-order chi connectivity index (χ0) is 12.8. The first kappa shape index (κ1) is 13.7. The molecule has 0 bridgehead atoms. The van der Waals surface area contributed by atoms with E-state index in [0.29, 0.717) is 19.6 Å². The fourth-order valence-corrected chi connectivity index (χ4v) is 2.04. The molecule has 1 rings (SSSR count). The molecule has 0 N–H and O–H groups in total. The first-order chi connectivity index (χ1) is 8.10. The van der Waals surface area contributed by atoms with E-state index in [4.69, 9.17) is 9.47 Å². The van der Waals surface area contributed by atoms with E-state index >= 15 is 0 Å². The van der Waals surface area contributed by atoms with Crippen LogP contribution in [0, 0.1) is 17.8 Å². The summed E-state index contributed by atoms with van der Waals surface area (Å²) in [4.78, 5) is 23.5. The van der Waals surface area contributed by atoms with Crippen molar-refractivity contribution in [2.24, 2.45) is 17.8 Å². The molecule has 0 aliphatic heterocycles. The molecule has 96 valence electrons. The summed E-state index contributed by atoms with van der Waals surface area (Å²) >= 11 is 0. The van der Waals surface area contributed by atoms with Gasteiger partial charge < -0.3 is 9.47 Å². The zero-order valence-corrected chi connectivity index (χ0v) is 10.6. The van der Waals surface area contributed by atoms with E-state index in [9.17, 15) is 9.59 Å². The predicted molar refractivity (Wildman–Crippen MR) is 63.2 cm³/mol. The minimum Gasteiger partial charge on any atom is -0.466 e. The van der Waals surface area contributed by atoms with E-state index in [1.54, 1.807) is 19.9 Å². The Bertz CT molecular complexity index is 309. The summed E-state index contributed by atoms with van der Waals surface area (Å²) in [6.07, 6.45) is 4.36. The van der Waals surface area contributed by atoms with Crippen LogP contribution >= 0.6 is 0 Å². The van der Waals surface area contributed by atoms with Gasteiger partial charge in [-0.05, 0) is 26.2 Å². The largest absolute Gasteiger partial charge is 0.466 e. The lowest BCUT2D eigenvalue weighted by Crippen LogP contribution is -2.34. The molecule has 4 nitrogen and oxygen atoms in total. The van der Waals surface area contributed by atoms with Crippen LogP contribution in [0.15, 0.2) is 12.2 Å². The van der Waals surface area contributed by atoms with Gasteiger partial charge in [0.2, 0.25) is 0 Å². The van der Waals surface area contributed by atoms with Gasteiger partial charge in [-0.2, -0.15) is 0 Å². The predicted octanol–water partition coefficient (Wildman–Crippen LogP) is 1.94. The summed E-state index contributed by atoms with van der Waals surface area (Å²) in [6.45, 7) is 6.20. The number of hydrogen-bond donors (Lipinski definition) is 0. The van der Waals surface area contributed by atoms with E-state index in [2.05, 4.69) is 0 Å². The number of carbonyl (C=O) groups is 2. The maximum absolute atomic E-state index is 11.8. The molecule has 0 heterocycles. The second kappa shape index (κ2) is 6.42. The summed E-state index contributed by atoms with van der Waals surface area (Å²) in [5.74, 6) is -1.26. The van der Waals surface area contributed by atoms with Crippen LogP contribution in [-0.4, -0.2) is 25.2 Å². The Morgan fingerprint density at radius 2 is 1.71 bits per heavy atom. The normalized spacial score (nSPS) is 27.6. The van der Waals surface area contributed by atoms with Crippen LogP contribution in [0.2, 0.25) is 0 Å². The Balaban J connectivity index is 2.79. The second-order valence-electron chi connectivity index (χ2n) is 4.23. The zero-order valence-electron chi connectivity index (χ0n) is 10.6. The molecule has 1 aliphatic carbocycles. The number of ether oxygens (including phenoxy) is 2. The van der Waals surface area contributed by atoms with E-state index in [1.807, 2.05) is 13.0 Å². The standard InChI is InChI=1S/C13H20O4/c1-4-16-12(14)10-7-6-9(3)8-11(10)13(15)17-5-2/h6-7,9-11H,4-5,8H2,1-3H3/t9-,10?,11?/m1/s1. The molecule has 0 radical (unpaired) electrons. The first-order valence-electron chi connectivity index (χ1n) is 6.11. The van der Waals surface area contributed by atoms with Crippen LogP contribution in [0.4, 0.5) is 0 Å². The molecule has 0 amide bonds. The van der Waals surface area contributed by atoms with Crippen molar-refractivity contribution in [1.82, 2.24) is 0 Å². The van der Waals surface area contributed by atoms with Crippen molar-refractivity contribution in [2.75, 3.05) is 13.2 Å². The average Bonchev–Trinajstić information content (AvgIpc) is 2.29. The van der Waals surface area contributed by atoms with E-state index < -0.39 is 11.8 Å². The number of esters is 2. The molecule has 0 aromatic rings. The Labute approximate surface area is 102 Å². The smallest absolute Gasteiger partial charge is 0.313 e. The van der Waals surface area contributed by atoms with Crippen molar-refractivity contribution in [3.8, 4) is 0 Å². The van der Waals surface area contributed by atoms with Crippen molar-refractivity contribution < 1.29 is 19.1 Å². The third kappa shape index (κ3) is 3.58. The Kier molecular flexibility index (Phi) is 5.19. The molecule has 3 atom stereocenters. The van der Waals surface area contributed by atoms with Gasteiger partial charge in [0.1, 0.15) is 0 Å². The van der Waals surface area contributed by atoms with Crippen molar-refractivity contribution in [3.63, 3.8) is 0 Å². The van der Waals surface area contributed by atoms with Crippen LogP contribution in [0.25, 0.3) is 0 Å². The van der Waals surface area contributed by atoms with Gasteiger partial charge >= 0.3 is 11.9 Å². The maximum Gasteiger partial charge on any atom is 0.313 e. The van der Waals surface area contributed by atoms with Gasteiger partial charge in [0.25, 0.3) is 0 Å². The van der Waals surface area contributed by atoms with Gasteiger partial charge in [-0.15, -0.1) is 0 Å². The van der Waals surface area contributed by atoms with Gasteiger partial charge in [-0.3, -0.25) is 9.59 Å². The van der Waals surface area contributed by atoms with Crippen molar-refractivity contribution >= 4 is 11.9 Å². The fourth-order valence-electron chi connectivity index (χ4n) is 2.04. The molecule has 4 heteroatoms. The SMILES string of the molecule is CCOC(=O)C1C=C[C@@H](C)CC1C(=O)OCC. The second-order valence-corrected chi connectivity index (χ2v) is 4.23.